The van der Waals surface area contributed by atoms with E-state index in [0.717, 1.165) is 23.4 Å². The number of carboxylic acid groups (broad SMARTS) is 1. The molecule has 1 aliphatic carbocycles. The van der Waals surface area contributed by atoms with Crippen LogP contribution in [0.15, 0.2) is 12.1 Å². The van der Waals surface area contributed by atoms with Crippen molar-refractivity contribution >= 4 is 22.6 Å². The molecule has 0 radical (unpaired) electrons. The van der Waals surface area contributed by atoms with Gasteiger partial charge in [0.05, 0.1) is 5.39 Å². The Bertz CT molecular complexity index is 1010. The topological polar surface area (TPSA) is 80.4 Å². The minimum absolute atomic E-state index is 0.132. The summed E-state index contributed by atoms with van der Waals surface area (Å²) in [6.07, 6.45) is -2.76. The zero-order valence-electron chi connectivity index (χ0n) is 12.4. The molecule has 0 atom stereocenters. The van der Waals surface area contributed by atoms with Crippen LogP contribution in [0.5, 0.6) is 0 Å². The molecule has 6 nitrogen and oxygen atoms in total. The summed E-state index contributed by atoms with van der Waals surface area (Å²) < 4.78 is 39.8. The molecule has 3 heterocycles. The van der Waals surface area contributed by atoms with Gasteiger partial charge in [-0.05, 0) is 37.5 Å². The molecule has 0 saturated heterocycles. The van der Waals surface area contributed by atoms with Crippen molar-refractivity contribution in [1.29, 1.82) is 0 Å². The third-order valence-corrected chi connectivity index (χ3v) is 4.07. The number of fused-ring (bicyclic) bond motifs is 3. The minimum atomic E-state index is -4.60. The highest BCUT2D eigenvalue weighted by molar-refractivity contribution is 5.95. The van der Waals surface area contributed by atoms with Crippen molar-refractivity contribution < 1.29 is 23.1 Å². The van der Waals surface area contributed by atoms with Crippen LogP contribution in [0.25, 0.3) is 16.7 Å². The Labute approximate surface area is 132 Å². The quantitative estimate of drug-likeness (QED) is 0.777. The van der Waals surface area contributed by atoms with Gasteiger partial charge in [0.1, 0.15) is 5.69 Å². The van der Waals surface area contributed by atoms with E-state index in [1.54, 1.807) is 0 Å². The first-order chi connectivity index (χ1) is 11.3. The summed E-state index contributed by atoms with van der Waals surface area (Å²) >= 11 is 0. The van der Waals surface area contributed by atoms with Gasteiger partial charge in [0.25, 0.3) is 0 Å². The lowest BCUT2D eigenvalue weighted by Crippen LogP contribution is -2.09. The van der Waals surface area contributed by atoms with Crippen LogP contribution in [0.3, 0.4) is 0 Å². The fourth-order valence-corrected chi connectivity index (χ4v) is 2.77. The maximum atomic E-state index is 12.9. The van der Waals surface area contributed by atoms with E-state index in [9.17, 15) is 23.1 Å². The van der Waals surface area contributed by atoms with Gasteiger partial charge in [0.2, 0.25) is 0 Å². The highest BCUT2D eigenvalue weighted by atomic mass is 19.4. The molecule has 124 valence electrons. The van der Waals surface area contributed by atoms with E-state index in [1.807, 2.05) is 0 Å². The van der Waals surface area contributed by atoms with Gasteiger partial charge in [-0.25, -0.2) is 19.3 Å². The van der Waals surface area contributed by atoms with Crippen LogP contribution in [0.1, 0.15) is 46.2 Å². The molecule has 0 aliphatic heterocycles. The number of hydrogen-bond donors (Lipinski definition) is 1. The van der Waals surface area contributed by atoms with Crippen LogP contribution in [0, 0.1) is 6.92 Å². The zero-order chi connectivity index (χ0) is 17.2. The van der Waals surface area contributed by atoms with Crippen molar-refractivity contribution in [3.63, 3.8) is 0 Å². The number of rotatable bonds is 2. The van der Waals surface area contributed by atoms with Crippen molar-refractivity contribution in [3.05, 3.63) is 34.8 Å². The summed E-state index contributed by atoms with van der Waals surface area (Å²) in [6.45, 7) is 1.51. The van der Waals surface area contributed by atoms with Gasteiger partial charge < -0.3 is 5.11 Å². The van der Waals surface area contributed by atoms with Crippen LogP contribution >= 0.6 is 0 Å². The van der Waals surface area contributed by atoms with Crippen molar-refractivity contribution in [1.82, 2.24) is 19.6 Å². The number of aromatic nitrogens is 4. The third kappa shape index (κ3) is 2.19. The van der Waals surface area contributed by atoms with Gasteiger partial charge in [-0.2, -0.15) is 13.2 Å². The number of alkyl halides is 3. The molecule has 0 bridgehead atoms. The number of carbonyl (C=O) groups is 1. The first kappa shape index (κ1) is 14.9. The summed E-state index contributed by atoms with van der Waals surface area (Å²) in [5.74, 6) is -1.02. The highest BCUT2D eigenvalue weighted by Crippen LogP contribution is 2.40. The van der Waals surface area contributed by atoms with Crippen molar-refractivity contribution in [2.24, 2.45) is 0 Å². The normalized spacial score (nSPS) is 15.3. The molecular formula is C15H11F3N4O2. The maximum absolute atomic E-state index is 12.9. The number of hydrogen-bond acceptors (Lipinski definition) is 4. The lowest BCUT2D eigenvalue weighted by Gasteiger charge is -2.06. The Morgan fingerprint density at radius 3 is 2.58 bits per heavy atom. The second-order valence-corrected chi connectivity index (χ2v) is 5.90. The predicted molar refractivity (Wildman–Crippen MR) is 77.0 cm³/mol. The molecule has 3 aromatic heterocycles. The Morgan fingerprint density at radius 1 is 1.29 bits per heavy atom. The standard InChI is InChI=1S/C15H11F3N4O2/c1-6-4-10(15(16,17)18)20-12-11(6)13-19-8(7-2-3-7)5-9(14(23)24)22(13)21-12/h4-5,7H,2-3H2,1H3,(H,23,24). The lowest BCUT2D eigenvalue weighted by atomic mass is 10.1. The number of pyridine rings is 1. The summed E-state index contributed by atoms with van der Waals surface area (Å²) in [5.41, 5.74) is -0.195. The molecule has 0 spiro atoms. The van der Waals surface area contributed by atoms with E-state index in [4.69, 9.17) is 0 Å². The zero-order valence-corrected chi connectivity index (χ0v) is 12.4. The lowest BCUT2D eigenvalue weighted by molar-refractivity contribution is -0.141. The number of carboxylic acids is 1. The van der Waals surface area contributed by atoms with Crippen LogP contribution in [0.2, 0.25) is 0 Å². The first-order valence-electron chi connectivity index (χ1n) is 7.27. The molecule has 3 aromatic rings. The molecule has 1 aliphatic rings. The Hall–Kier alpha value is -2.71. The second-order valence-electron chi connectivity index (χ2n) is 5.90. The molecular weight excluding hydrogens is 325 g/mol. The van der Waals surface area contributed by atoms with Gasteiger partial charge in [0.15, 0.2) is 17.0 Å². The Balaban J connectivity index is 2.09. The molecule has 24 heavy (non-hydrogen) atoms. The van der Waals surface area contributed by atoms with E-state index in [0.29, 0.717) is 16.6 Å². The average Bonchev–Trinajstić information content (AvgIpc) is 3.25. The first-order valence-corrected chi connectivity index (χ1v) is 7.27. The minimum Gasteiger partial charge on any atom is -0.477 e. The van der Waals surface area contributed by atoms with E-state index in [-0.39, 0.29) is 22.9 Å². The van der Waals surface area contributed by atoms with Gasteiger partial charge in [0, 0.05) is 11.6 Å². The van der Waals surface area contributed by atoms with E-state index >= 15 is 0 Å². The summed E-state index contributed by atoms with van der Waals surface area (Å²) in [7, 11) is 0. The molecule has 1 fully saturated rings. The largest absolute Gasteiger partial charge is 0.477 e. The van der Waals surface area contributed by atoms with Crippen molar-refractivity contribution in [2.45, 2.75) is 31.9 Å². The fourth-order valence-electron chi connectivity index (χ4n) is 2.77. The van der Waals surface area contributed by atoms with E-state index < -0.39 is 17.8 Å². The molecule has 4 rings (SSSR count). The number of aryl methyl sites for hydroxylation is 1. The van der Waals surface area contributed by atoms with Crippen LogP contribution in [-0.4, -0.2) is 30.7 Å². The summed E-state index contributed by atoms with van der Waals surface area (Å²) in [4.78, 5) is 19.5. The SMILES string of the molecule is Cc1cc(C(F)(F)F)nc2nn3c(C(=O)O)cc(C4CC4)nc3c12. The van der Waals surface area contributed by atoms with Crippen LogP contribution in [0.4, 0.5) is 13.2 Å². The summed E-state index contributed by atoms with van der Waals surface area (Å²) in [6, 6.07) is 2.36. The highest BCUT2D eigenvalue weighted by Gasteiger charge is 2.34. The number of halogens is 3. The van der Waals surface area contributed by atoms with Crippen LogP contribution < -0.4 is 0 Å². The summed E-state index contributed by atoms with van der Waals surface area (Å²) in [5, 5.41) is 13.7. The fraction of sp³-hybridized carbons (Fsp3) is 0.333. The molecule has 0 aromatic carbocycles. The monoisotopic (exact) mass is 336 g/mol. The Kier molecular flexibility index (Phi) is 2.88. The van der Waals surface area contributed by atoms with E-state index in [2.05, 4.69) is 15.1 Å². The van der Waals surface area contributed by atoms with E-state index in [1.165, 1.54) is 13.0 Å². The van der Waals surface area contributed by atoms with Crippen molar-refractivity contribution in [2.75, 3.05) is 0 Å². The third-order valence-electron chi connectivity index (χ3n) is 4.07. The van der Waals surface area contributed by atoms with Gasteiger partial charge >= 0.3 is 12.1 Å². The van der Waals surface area contributed by atoms with Gasteiger partial charge in [-0.15, -0.1) is 5.10 Å². The predicted octanol–water partition coefficient (Wildman–Crippen LogP) is 3.18. The molecule has 0 unspecified atom stereocenters. The molecule has 0 amide bonds. The van der Waals surface area contributed by atoms with Gasteiger partial charge in [-0.1, -0.05) is 0 Å². The number of aromatic carboxylic acids is 1. The maximum Gasteiger partial charge on any atom is 0.433 e. The Morgan fingerprint density at radius 2 is 2.00 bits per heavy atom. The average molecular weight is 336 g/mol. The smallest absolute Gasteiger partial charge is 0.433 e. The number of nitrogens with zero attached hydrogens (tertiary/aromatic N) is 4. The second kappa shape index (κ2) is 4.65. The molecule has 1 saturated carbocycles. The van der Waals surface area contributed by atoms with Gasteiger partial charge in [-0.3, -0.25) is 0 Å². The molecule has 1 N–H and O–H groups in total. The van der Waals surface area contributed by atoms with Crippen LogP contribution in [-0.2, 0) is 6.18 Å². The van der Waals surface area contributed by atoms with Crippen molar-refractivity contribution in [3.8, 4) is 0 Å². The molecule has 9 heteroatoms.